The molecule has 1 saturated carbocycles. The summed E-state index contributed by atoms with van der Waals surface area (Å²) in [4.78, 5) is 31.3. The lowest BCUT2D eigenvalue weighted by molar-refractivity contribution is -0.133. The van der Waals surface area contributed by atoms with Gasteiger partial charge in [0.05, 0.1) is 16.9 Å². The average molecular weight is 463 g/mol. The monoisotopic (exact) mass is 462 g/mol. The zero-order chi connectivity index (χ0) is 23.3. The second-order valence-electron chi connectivity index (χ2n) is 9.78. The third-order valence-electron chi connectivity index (χ3n) is 7.42. The first-order valence-electron chi connectivity index (χ1n) is 11.4. The maximum absolute atomic E-state index is 13.2. The molecule has 1 aliphatic carbocycles. The molecule has 0 spiro atoms. The second-order valence-corrected chi connectivity index (χ2v) is 11.8. The van der Waals surface area contributed by atoms with Crippen molar-refractivity contribution < 1.29 is 18.0 Å². The molecule has 3 aliphatic rings. The van der Waals surface area contributed by atoms with E-state index >= 15 is 0 Å². The molecular weight excluding hydrogens is 428 g/mol. The molecule has 2 fully saturated rings. The Bertz CT molecular complexity index is 1010. The van der Waals surface area contributed by atoms with Crippen LogP contribution in [0.25, 0.3) is 0 Å². The number of sulfonamides is 1. The van der Waals surface area contributed by atoms with Crippen LogP contribution in [0.15, 0.2) is 23.1 Å². The molecule has 2 aliphatic heterocycles. The van der Waals surface area contributed by atoms with Gasteiger partial charge in [0.25, 0.3) is 0 Å². The Morgan fingerprint density at radius 1 is 1.12 bits per heavy atom. The maximum Gasteiger partial charge on any atom is 0.243 e. The molecule has 8 nitrogen and oxygen atoms in total. The Kier molecular flexibility index (Phi) is 6.11. The number of piperazine rings is 1. The summed E-state index contributed by atoms with van der Waals surface area (Å²) in [5, 5.41) is 0. The summed E-state index contributed by atoms with van der Waals surface area (Å²) in [6, 6.07) is 5.41. The van der Waals surface area contributed by atoms with Crippen molar-refractivity contribution in [1.82, 2.24) is 14.1 Å². The molecule has 4 rings (SSSR count). The Labute approximate surface area is 191 Å². The lowest BCUT2D eigenvalue weighted by Gasteiger charge is -2.38. The number of carbonyl (C=O) groups is 2. The quantitative estimate of drug-likeness (QED) is 0.665. The standard InChI is InChI=1S/C23H34N4O4S/c1-23(2)19-15-18(9-10-20(19)25(4)22(23)29)32(30,31)24(3)16-21(28)27-13-11-26(12-14-27)17-7-5-6-8-17/h9-10,15,17H,5-8,11-14,16H2,1-4H3. The lowest BCUT2D eigenvalue weighted by atomic mass is 9.86. The number of likely N-dealkylation sites (N-methyl/N-ethyl adjacent to an activating group) is 2. The van der Waals surface area contributed by atoms with Gasteiger partial charge in [-0.3, -0.25) is 14.5 Å². The topological polar surface area (TPSA) is 81.2 Å². The largest absolute Gasteiger partial charge is 0.339 e. The van der Waals surface area contributed by atoms with E-state index in [4.69, 9.17) is 0 Å². The van der Waals surface area contributed by atoms with Crippen LogP contribution in [0.4, 0.5) is 5.69 Å². The molecule has 1 aromatic rings. The Balaban J connectivity index is 1.42. The SMILES string of the molecule is CN1C(=O)C(C)(C)c2cc(S(=O)(=O)N(C)CC(=O)N3CCN(C4CCCC4)CC3)ccc21. The van der Waals surface area contributed by atoms with Gasteiger partial charge in [-0.25, -0.2) is 8.42 Å². The van der Waals surface area contributed by atoms with Gasteiger partial charge in [0.2, 0.25) is 21.8 Å². The molecule has 176 valence electrons. The van der Waals surface area contributed by atoms with Gasteiger partial charge in [0.1, 0.15) is 0 Å². The number of nitrogens with zero attached hydrogens (tertiary/aromatic N) is 4. The van der Waals surface area contributed by atoms with Gasteiger partial charge in [0.15, 0.2) is 0 Å². The predicted molar refractivity (Wildman–Crippen MR) is 123 cm³/mol. The third kappa shape index (κ3) is 3.95. The highest BCUT2D eigenvalue weighted by molar-refractivity contribution is 7.89. The molecule has 0 atom stereocenters. The molecule has 9 heteroatoms. The molecule has 1 saturated heterocycles. The Hall–Kier alpha value is -1.97. The fourth-order valence-corrected chi connectivity index (χ4v) is 6.42. The first-order valence-corrected chi connectivity index (χ1v) is 12.9. The Morgan fingerprint density at radius 3 is 2.38 bits per heavy atom. The predicted octanol–water partition coefficient (Wildman–Crippen LogP) is 1.65. The zero-order valence-corrected chi connectivity index (χ0v) is 20.3. The van der Waals surface area contributed by atoms with Crippen LogP contribution in [-0.2, 0) is 25.0 Å². The van der Waals surface area contributed by atoms with Crippen molar-refractivity contribution in [2.24, 2.45) is 0 Å². The number of hydrogen-bond donors (Lipinski definition) is 0. The summed E-state index contributed by atoms with van der Waals surface area (Å²) in [7, 11) is -0.720. The lowest BCUT2D eigenvalue weighted by Crippen LogP contribution is -2.53. The average Bonchev–Trinajstić information content (AvgIpc) is 3.37. The van der Waals surface area contributed by atoms with Crippen LogP contribution in [0.1, 0.15) is 45.1 Å². The van der Waals surface area contributed by atoms with E-state index in [9.17, 15) is 18.0 Å². The zero-order valence-electron chi connectivity index (χ0n) is 19.5. The fourth-order valence-electron chi connectivity index (χ4n) is 5.27. The molecule has 0 unspecified atom stereocenters. The Morgan fingerprint density at radius 2 is 1.75 bits per heavy atom. The van der Waals surface area contributed by atoms with E-state index in [1.807, 2.05) is 0 Å². The van der Waals surface area contributed by atoms with E-state index in [1.165, 1.54) is 38.8 Å². The molecular formula is C23H34N4O4S. The first kappa shape index (κ1) is 23.2. The minimum atomic E-state index is -3.86. The molecule has 2 heterocycles. The fraction of sp³-hybridized carbons (Fsp3) is 0.652. The minimum absolute atomic E-state index is 0.0673. The number of amides is 2. The van der Waals surface area contributed by atoms with E-state index in [1.54, 1.807) is 42.8 Å². The number of rotatable bonds is 5. The van der Waals surface area contributed by atoms with E-state index in [-0.39, 0.29) is 23.3 Å². The summed E-state index contributed by atoms with van der Waals surface area (Å²) in [6.45, 7) is 6.40. The summed E-state index contributed by atoms with van der Waals surface area (Å²) in [6.07, 6.45) is 5.06. The summed E-state index contributed by atoms with van der Waals surface area (Å²) in [5.74, 6) is -0.235. The maximum atomic E-state index is 13.2. The van der Waals surface area contributed by atoms with Crippen molar-refractivity contribution in [1.29, 1.82) is 0 Å². The van der Waals surface area contributed by atoms with Crippen molar-refractivity contribution in [3.8, 4) is 0 Å². The van der Waals surface area contributed by atoms with Crippen LogP contribution >= 0.6 is 0 Å². The van der Waals surface area contributed by atoms with E-state index in [0.717, 1.165) is 23.1 Å². The van der Waals surface area contributed by atoms with E-state index in [0.29, 0.717) is 24.7 Å². The number of anilines is 1. The number of carbonyl (C=O) groups excluding carboxylic acids is 2. The number of fused-ring (bicyclic) bond motifs is 1. The van der Waals surface area contributed by atoms with Crippen LogP contribution < -0.4 is 4.90 Å². The number of benzene rings is 1. The van der Waals surface area contributed by atoms with Gasteiger partial charge >= 0.3 is 0 Å². The van der Waals surface area contributed by atoms with Crippen molar-refractivity contribution in [2.75, 3.05) is 51.7 Å². The normalized spacial score (nSPS) is 22.1. The highest BCUT2D eigenvalue weighted by atomic mass is 32.2. The number of hydrogen-bond acceptors (Lipinski definition) is 5. The first-order chi connectivity index (χ1) is 15.0. The molecule has 0 aromatic heterocycles. The molecule has 0 bridgehead atoms. The second kappa shape index (κ2) is 8.43. The van der Waals surface area contributed by atoms with Gasteiger partial charge in [-0.15, -0.1) is 0 Å². The van der Waals surface area contributed by atoms with Crippen LogP contribution in [0.5, 0.6) is 0 Å². The third-order valence-corrected chi connectivity index (χ3v) is 9.22. The molecule has 0 radical (unpaired) electrons. The summed E-state index contributed by atoms with van der Waals surface area (Å²) in [5.41, 5.74) is 0.620. The van der Waals surface area contributed by atoms with Crippen LogP contribution in [0.3, 0.4) is 0 Å². The van der Waals surface area contributed by atoms with E-state index in [2.05, 4.69) is 4.90 Å². The summed E-state index contributed by atoms with van der Waals surface area (Å²) < 4.78 is 27.5. The van der Waals surface area contributed by atoms with Gasteiger partial charge in [-0.05, 0) is 50.5 Å². The van der Waals surface area contributed by atoms with Crippen LogP contribution in [0.2, 0.25) is 0 Å². The molecule has 0 N–H and O–H groups in total. The van der Waals surface area contributed by atoms with E-state index < -0.39 is 15.4 Å². The van der Waals surface area contributed by atoms with Gasteiger partial charge in [0, 0.05) is 52.0 Å². The minimum Gasteiger partial charge on any atom is -0.339 e. The van der Waals surface area contributed by atoms with Gasteiger partial charge in [-0.2, -0.15) is 4.31 Å². The van der Waals surface area contributed by atoms with Gasteiger partial charge in [-0.1, -0.05) is 12.8 Å². The molecule has 2 amide bonds. The molecule has 32 heavy (non-hydrogen) atoms. The smallest absolute Gasteiger partial charge is 0.243 e. The van der Waals surface area contributed by atoms with Crippen molar-refractivity contribution >= 4 is 27.5 Å². The van der Waals surface area contributed by atoms with Crippen LogP contribution in [0, 0.1) is 0 Å². The highest BCUT2D eigenvalue weighted by Crippen LogP contribution is 2.41. The summed E-state index contributed by atoms with van der Waals surface area (Å²) >= 11 is 0. The highest BCUT2D eigenvalue weighted by Gasteiger charge is 2.43. The molecule has 1 aromatic carbocycles. The van der Waals surface area contributed by atoms with Gasteiger partial charge < -0.3 is 9.80 Å². The van der Waals surface area contributed by atoms with Crippen molar-refractivity contribution in [3.05, 3.63) is 23.8 Å². The van der Waals surface area contributed by atoms with Crippen LogP contribution in [-0.4, -0.2) is 87.2 Å². The van der Waals surface area contributed by atoms with Crippen molar-refractivity contribution in [3.63, 3.8) is 0 Å². The van der Waals surface area contributed by atoms with Crippen molar-refractivity contribution in [2.45, 2.75) is 55.9 Å².